The van der Waals surface area contributed by atoms with Gasteiger partial charge in [0.15, 0.2) is 14.8 Å². The SMILES string of the molecule is CCC[Si](Cl)(CCC)C(C)[Si](Cl)(CCC)CCC. The third kappa shape index (κ3) is 5.18. The molecule has 0 unspecified atom stereocenters. The van der Waals surface area contributed by atoms with Crippen LogP contribution in [0, 0.1) is 0 Å². The number of halogens is 2. The largest absolute Gasteiger partial charge is 0.167 e. The van der Waals surface area contributed by atoms with Gasteiger partial charge in [0.05, 0.1) is 0 Å². The van der Waals surface area contributed by atoms with Crippen LogP contribution >= 0.6 is 22.2 Å². The number of hydrogen-bond acceptors (Lipinski definition) is 0. The van der Waals surface area contributed by atoms with E-state index in [4.69, 9.17) is 22.2 Å². The van der Waals surface area contributed by atoms with Crippen molar-refractivity contribution >= 4 is 36.9 Å². The third-order valence-corrected chi connectivity index (χ3v) is 21.3. The molecule has 0 rings (SSSR count). The Morgan fingerprint density at radius 1 is 0.667 bits per heavy atom. The fourth-order valence-corrected chi connectivity index (χ4v) is 20.8. The van der Waals surface area contributed by atoms with Crippen molar-refractivity contribution < 1.29 is 0 Å². The topological polar surface area (TPSA) is 0 Å². The van der Waals surface area contributed by atoms with Crippen molar-refractivity contribution in [1.82, 2.24) is 0 Å². The molecule has 0 heterocycles. The van der Waals surface area contributed by atoms with Crippen LogP contribution in [0.15, 0.2) is 0 Å². The first-order valence-corrected chi connectivity index (χ1v) is 14.8. The van der Waals surface area contributed by atoms with Crippen molar-refractivity contribution in [1.29, 1.82) is 0 Å². The highest BCUT2D eigenvalue weighted by Crippen LogP contribution is 2.47. The molecule has 0 spiro atoms. The predicted octanol–water partition coefficient (Wildman–Crippen LogP) is 6.92. The average molecular weight is 327 g/mol. The molecule has 0 fully saturated rings. The van der Waals surface area contributed by atoms with Crippen LogP contribution in [0.3, 0.4) is 0 Å². The molecule has 0 bridgehead atoms. The van der Waals surface area contributed by atoms with E-state index in [0.29, 0.717) is 5.16 Å². The molecule has 0 aromatic carbocycles. The normalized spacial score (nSPS) is 13.3. The van der Waals surface area contributed by atoms with Crippen LogP contribution in [-0.4, -0.2) is 14.8 Å². The first kappa shape index (κ1) is 19.0. The van der Waals surface area contributed by atoms with Crippen LogP contribution < -0.4 is 0 Å². The second-order valence-electron chi connectivity index (χ2n) is 5.79. The lowest BCUT2D eigenvalue weighted by molar-refractivity contribution is 0.929. The second-order valence-corrected chi connectivity index (χ2v) is 18.8. The standard InChI is InChI=1S/C14H32Cl2Si2/c1-6-10-17(15,11-7-2)14(5)18(16,12-8-3)13-9-4/h14H,6-13H2,1-5H3. The summed E-state index contributed by atoms with van der Waals surface area (Å²) in [6, 6.07) is 4.99. The van der Waals surface area contributed by atoms with Gasteiger partial charge < -0.3 is 0 Å². The molecule has 0 aliphatic rings. The molecule has 18 heavy (non-hydrogen) atoms. The minimum atomic E-state index is -1.66. The van der Waals surface area contributed by atoms with Crippen molar-refractivity contribution in [3.8, 4) is 0 Å². The number of rotatable bonds is 10. The van der Waals surface area contributed by atoms with Gasteiger partial charge in [-0.1, -0.05) is 60.3 Å². The Hall–Kier alpha value is 1.01. The summed E-state index contributed by atoms with van der Waals surface area (Å²) >= 11 is 14.3. The van der Waals surface area contributed by atoms with E-state index in [9.17, 15) is 0 Å². The van der Waals surface area contributed by atoms with E-state index in [0.717, 1.165) is 0 Å². The summed E-state index contributed by atoms with van der Waals surface area (Å²) in [5.41, 5.74) is 0. The molecule has 0 atom stereocenters. The van der Waals surface area contributed by atoms with Gasteiger partial charge in [-0.05, 0) is 29.3 Å². The first-order chi connectivity index (χ1) is 8.40. The molecular formula is C14H32Cl2Si2. The Bertz CT molecular complexity index is 188. The van der Waals surface area contributed by atoms with Crippen LogP contribution in [0.25, 0.3) is 0 Å². The lowest BCUT2D eigenvalue weighted by Gasteiger charge is -2.40. The maximum absolute atomic E-state index is 7.14. The van der Waals surface area contributed by atoms with Gasteiger partial charge in [-0.15, -0.1) is 0 Å². The summed E-state index contributed by atoms with van der Waals surface area (Å²) in [5.74, 6) is 0. The van der Waals surface area contributed by atoms with Crippen LogP contribution in [0.2, 0.25) is 29.3 Å². The van der Waals surface area contributed by atoms with Crippen molar-refractivity contribution in [2.45, 2.75) is 89.6 Å². The summed E-state index contributed by atoms with van der Waals surface area (Å²) in [6.07, 6.45) is 4.89. The third-order valence-electron chi connectivity index (χ3n) is 4.21. The lowest BCUT2D eigenvalue weighted by Crippen LogP contribution is -2.46. The molecule has 0 saturated heterocycles. The Morgan fingerprint density at radius 3 is 1.06 bits per heavy atom. The van der Waals surface area contributed by atoms with E-state index in [-0.39, 0.29) is 0 Å². The maximum Gasteiger partial charge on any atom is 0.157 e. The summed E-state index contributed by atoms with van der Waals surface area (Å²) in [4.78, 5) is 0. The van der Waals surface area contributed by atoms with Crippen LogP contribution in [0.1, 0.15) is 60.3 Å². The van der Waals surface area contributed by atoms with Crippen molar-refractivity contribution in [3.63, 3.8) is 0 Å². The zero-order valence-corrected chi connectivity index (χ0v) is 16.5. The van der Waals surface area contributed by atoms with E-state index < -0.39 is 14.8 Å². The van der Waals surface area contributed by atoms with Crippen molar-refractivity contribution in [2.24, 2.45) is 0 Å². The molecule has 0 aliphatic heterocycles. The zero-order chi connectivity index (χ0) is 14.2. The molecule has 0 nitrogen and oxygen atoms in total. The Labute approximate surface area is 126 Å². The molecule has 0 amide bonds. The highest BCUT2D eigenvalue weighted by atomic mass is 35.6. The fraction of sp³-hybridized carbons (Fsp3) is 1.00. The van der Waals surface area contributed by atoms with Gasteiger partial charge in [0.25, 0.3) is 0 Å². The van der Waals surface area contributed by atoms with Gasteiger partial charge >= 0.3 is 0 Å². The molecule has 110 valence electrons. The van der Waals surface area contributed by atoms with Gasteiger partial charge in [0.2, 0.25) is 0 Å². The molecule has 0 aromatic heterocycles. The molecule has 0 N–H and O–H groups in total. The Kier molecular flexibility index (Phi) is 9.55. The minimum Gasteiger partial charge on any atom is -0.167 e. The molecule has 0 radical (unpaired) electrons. The minimum absolute atomic E-state index is 0.646. The highest BCUT2D eigenvalue weighted by molar-refractivity contribution is 7.34. The smallest absolute Gasteiger partial charge is 0.157 e. The van der Waals surface area contributed by atoms with Gasteiger partial charge in [-0.3, -0.25) is 0 Å². The van der Waals surface area contributed by atoms with Crippen LogP contribution in [0.5, 0.6) is 0 Å². The summed E-state index contributed by atoms with van der Waals surface area (Å²) < 4.78 is 0. The van der Waals surface area contributed by atoms with E-state index in [1.165, 1.54) is 49.9 Å². The molecule has 4 heteroatoms. The average Bonchev–Trinajstić information content (AvgIpc) is 2.29. The van der Waals surface area contributed by atoms with Gasteiger partial charge in [0, 0.05) is 0 Å². The summed E-state index contributed by atoms with van der Waals surface area (Å²) in [5, 5.41) is 0.646. The number of hydrogen-bond donors (Lipinski definition) is 0. The molecule has 0 aliphatic carbocycles. The second kappa shape index (κ2) is 9.04. The first-order valence-electron chi connectivity index (χ1n) is 7.78. The lowest BCUT2D eigenvalue weighted by atomic mass is 10.6. The maximum atomic E-state index is 7.14. The summed E-state index contributed by atoms with van der Waals surface area (Å²) in [7, 11) is -3.32. The molecular weight excluding hydrogens is 295 g/mol. The van der Waals surface area contributed by atoms with E-state index in [1.54, 1.807) is 0 Å². The highest BCUT2D eigenvalue weighted by Gasteiger charge is 2.48. The predicted molar refractivity (Wildman–Crippen MR) is 93.0 cm³/mol. The zero-order valence-electron chi connectivity index (χ0n) is 13.0. The summed E-state index contributed by atoms with van der Waals surface area (Å²) in [6.45, 7) is 11.5. The van der Waals surface area contributed by atoms with Crippen molar-refractivity contribution in [2.75, 3.05) is 0 Å². The van der Waals surface area contributed by atoms with Gasteiger partial charge in [0.1, 0.15) is 0 Å². The van der Waals surface area contributed by atoms with Crippen LogP contribution in [0.4, 0.5) is 0 Å². The van der Waals surface area contributed by atoms with Gasteiger partial charge in [-0.2, -0.15) is 22.2 Å². The quantitative estimate of drug-likeness (QED) is 0.301. The van der Waals surface area contributed by atoms with Gasteiger partial charge in [-0.25, -0.2) is 0 Å². The Balaban J connectivity index is 5.04. The van der Waals surface area contributed by atoms with Crippen LogP contribution in [-0.2, 0) is 0 Å². The molecule has 0 aromatic rings. The van der Waals surface area contributed by atoms with E-state index in [1.807, 2.05) is 0 Å². The Morgan fingerprint density at radius 2 is 0.889 bits per heavy atom. The van der Waals surface area contributed by atoms with Crippen molar-refractivity contribution in [3.05, 3.63) is 0 Å². The molecule has 0 saturated carbocycles. The fourth-order valence-electron chi connectivity index (χ4n) is 3.24. The monoisotopic (exact) mass is 326 g/mol. The van der Waals surface area contributed by atoms with E-state index in [2.05, 4.69) is 34.6 Å². The van der Waals surface area contributed by atoms with E-state index >= 15 is 0 Å².